The zero-order valence-electron chi connectivity index (χ0n) is 26.5. The van der Waals surface area contributed by atoms with E-state index in [9.17, 15) is 5.11 Å². The summed E-state index contributed by atoms with van der Waals surface area (Å²) in [4.78, 5) is 0. The third kappa shape index (κ3) is 6.97. The number of allylic oxidation sites excluding steroid dienone is 3. The molecular formula is C35H62O2Si. The van der Waals surface area contributed by atoms with Gasteiger partial charge in [0.25, 0.3) is 0 Å². The molecule has 0 radical (unpaired) electrons. The van der Waals surface area contributed by atoms with Crippen molar-refractivity contribution in [2.75, 3.05) is 0 Å². The van der Waals surface area contributed by atoms with Gasteiger partial charge >= 0.3 is 0 Å². The van der Waals surface area contributed by atoms with Crippen LogP contribution >= 0.6 is 0 Å². The van der Waals surface area contributed by atoms with E-state index in [1.807, 2.05) is 0 Å². The van der Waals surface area contributed by atoms with Crippen LogP contribution in [0.3, 0.4) is 0 Å². The molecule has 3 fully saturated rings. The van der Waals surface area contributed by atoms with Gasteiger partial charge in [-0.2, -0.15) is 0 Å². The van der Waals surface area contributed by atoms with Gasteiger partial charge < -0.3 is 9.53 Å². The lowest BCUT2D eigenvalue weighted by Gasteiger charge is -2.44. The molecule has 1 N–H and O–H groups in total. The van der Waals surface area contributed by atoms with Crippen LogP contribution in [0, 0.1) is 35.0 Å². The van der Waals surface area contributed by atoms with Crippen LogP contribution in [0.1, 0.15) is 120 Å². The standard InChI is InChI=1S/C35H62O2Si/c1-10-28(25(5)6)17-16-26(7)32-20-21-33-29(15-14-22-35(32,33)9)18-19-30-23-31(24-34(36)27(30)8)37-38(11-2,12-3)13-4/h18-19,25-26,28,31-34,36H,8,10-17,20-24H2,1-7,9H3/b29-18+,30-19-/t26-,28-,31-,32-,33+,34+,35-/m1/s1. The van der Waals surface area contributed by atoms with Gasteiger partial charge in [-0.1, -0.05) is 92.5 Å². The van der Waals surface area contributed by atoms with Crippen LogP contribution in [0.15, 0.2) is 35.5 Å². The quantitative estimate of drug-likeness (QED) is 0.249. The normalized spacial score (nSPS) is 34.2. The predicted octanol–water partition coefficient (Wildman–Crippen LogP) is 10.3. The molecule has 0 aromatic rings. The van der Waals surface area contributed by atoms with Gasteiger partial charge in [-0.05, 0) is 109 Å². The highest BCUT2D eigenvalue weighted by molar-refractivity contribution is 6.73. The Kier molecular flexibility index (Phi) is 11.6. The van der Waals surface area contributed by atoms with E-state index in [-0.39, 0.29) is 6.10 Å². The second-order valence-corrected chi connectivity index (χ2v) is 18.7. The molecule has 218 valence electrons. The van der Waals surface area contributed by atoms with Gasteiger partial charge in [0.2, 0.25) is 0 Å². The van der Waals surface area contributed by atoms with E-state index in [0.29, 0.717) is 11.8 Å². The van der Waals surface area contributed by atoms with Crippen LogP contribution in [0.2, 0.25) is 18.1 Å². The van der Waals surface area contributed by atoms with E-state index < -0.39 is 14.4 Å². The lowest BCUT2D eigenvalue weighted by Crippen LogP contribution is -2.42. The topological polar surface area (TPSA) is 29.5 Å². The van der Waals surface area contributed by atoms with Crippen molar-refractivity contribution in [1.82, 2.24) is 0 Å². The van der Waals surface area contributed by atoms with E-state index in [2.05, 4.69) is 74.1 Å². The molecule has 0 unspecified atom stereocenters. The summed E-state index contributed by atoms with van der Waals surface area (Å²) in [7, 11) is -1.69. The summed E-state index contributed by atoms with van der Waals surface area (Å²) in [6.45, 7) is 23.6. The lowest BCUT2D eigenvalue weighted by molar-refractivity contribution is 0.0899. The fourth-order valence-corrected chi connectivity index (χ4v) is 11.7. The summed E-state index contributed by atoms with van der Waals surface area (Å²) in [5.74, 6) is 4.08. The Morgan fingerprint density at radius 3 is 2.34 bits per heavy atom. The van der Waals surface area contributed by atoms with Gasteiger partial charge in [0.15, 0.2) is 8.32 Å². The molecule has 0 heterocycles. The van der Waals surface area contributed by atoms with Crippen molar-refractivity contribution in [2.24, 2.45) is 35.0 Å². The minimum absolute atomic E-state index is 0.137. The van der Waals surface area contributed by atoms with Crippen LogP contribution in [-0.2, 0) is 4.43 Å². The third-order valence-electron chi connectivity index (χ3n) is 11.8. The maximum atomic E-state index is 10.9. The van der Waals surface area contributed by atoms with Gasteiger partial charge in [0, 0.05) is 6.42 Å². The molecule has 0 amide bonds. The summed E-state index contributed by atoms with van der Waals surface area (Å²) in [6, 6.07) is 3.48. The van der Waals surface area contributed by atoms with Crippen molar-refractivity contribution < 1.29 is 9.53 Å². The molecule has 0 bridgehead atoms. The number of hydrogen-bond donors (Lipinski definition) is 1. The van der Waals surface area contributed by atoms with E-state index in [1.165, 1.54) is 56.9 Å². The highest BCUT2D eigenvalue weighted by Gasteiger charge is 2.50. The fraction of sp³-hybridized carbons (Fsp3) is 0.829. The molecule has 3 aliphatic rings. The fourth-order valence-electron chi connectivity index (χ4n) is 8.79. The molecule has 3 saturated carbocycles. The smallest absolute Gasteiger partial charge is 0.192 e. The monoisotopic (exact) mass is 542 g/mol. The van der Waals surface area contributed by atoms with E-state index in [4.69, 9.17) is 4.43 Å². The van der Waals surface area contributed by atoms with Crippen LogP contribution < -0.4 is 0 Å². The Balaban J connectivity index is 1.73. The molecule has 0 spiro atoms. The van der Waals surface area contributed by atoms with Crippen molar-refractivity contribution in [1.29, 1.82) is 0 Å². The summed E-state index contributed by atoms with van der Waals surface area (Å²) < 4.78 is 6.83. The number of aliphatic hydroxyl groups is 1. The van der Waals surface area contributed by atoms with Crippen molar-refractivity contribution in [2.45, 2.75) is 150 Å². The first kappa shape index (κ1) is 31.9. The molecule has 0 aromatic carbocycles. The van der Waals surface area contributed by atoms with Crippen LogP contribution in [0.4, 0.5) is 0 Å². The average molecular weight is 543 g/mol. The summed E-state index contributed by atoms with van der Waals surface area (Å²) >= 11 is 0. The second-order valence-electron chi connectivity index (χ2n) is 14.0. The molecule has 0 saturated heterocycles. The van der Waals surface area contributed by atoms with Gasteiger partial charge in [-0.15, -0.1) is 0 Å². The molecule has 38 heavy (non-hydrogen) atoms. The van der Waals surface area contributed by atoms with Crippen LogP contribution in [0.5, 0.6) is 0 Å². The van der Waals surface area contributed by atoms with Gasteiger partial charge in [-0.3, -0.25) is 0 Å². The summed E-state index contributed by atoms with van der Waals surface area (Å²) in [5.41, 5.74) is 4.26. The Labute approximate surface area is 237 Å². The van der Waals surface area contributed by atoms with Gasteiger partial charge in [-0.25, -0.2) is 0 Å². The van der Waals surface area contributed by atoms with Crippen molar-refractivity contribution in [3.05, 3.63) is 35.5 Å². The number of rotatable bonds is 12. The van der Waals surface area contributed by atoms with Crippen LogP contribution in [-0.4, -0.2) is 25.6 Å². The Bertz CT molecular complexity index is 829. The molecular weight excluding hydrogens is 480 g/mol. The van der Waals surface area contributed by atoms with Gasteiger partial charge in [0.05, 0.1) is 12.2 Å². The Hall–Kier alpha value is -0.643. The second kappa shape index (κ2) is 13.8. The first-order chi connectivity index (χ1) is 18.0. The van der Waals surface area contributed by atoms with Crippen LogP contribution in [0.25, 0.3) is 0 Å². The minimum atomic E-state index is -1.69. The zero-order valence-corrected chi connectivity index (χ0v) is 27.5. The van der Waals surface area contributed by atoms with E-state index in [1.54, 1.807) is 5.57 Å². The SMILES string of the molecule is C=C1/C(=C\C=C2/CCC[C@]3(C)[C@@H]([C@H](C)CC[C@@H](CC)C(C)C)CC[C@@H]23)C[C@@H](O[Si](CC)(CC)CC)C[C@@H]1O. The number of hydrogen-bond acceptors (Lipinski definition) is 2. The summed E-state index contributed by atoms with van der Waals surface area (Å²) in [6.07, 6.45) is 16.9. The lowest BCUT2D eigenvalue weighted by atomic mass is 9.60. The molecule has 3 heteroatoms. The molecule has 2 nitrogen and oxygen atoms in total. The van der Waals surface area contributed by atoms with E-state index in [0.717, 1.165) is 59.7 Å². The maximum absolute atomic E-state index is 10.9. The third-order valence-corrected chi connectivity index (χ3v) is 16.5. The highest BCUT2D eigenvalue weighted by atomic mass is 28.4. The van der Waals surface area contributed by atoms with Crippen molar-refractivity contribution >= 4 is 8.32 Å². The Morgan fingerprint density at radius 1 is 1.05 bits per heavy atom. The Morgan fingerprint density at radius 2 is 1.74 bits per heavy atom. The van der Waals surface area contributed by atoms with Crippen molar-refractivity contribution in [3.8, 4) is 0 Å². The maximum Gasteiger partial charge on any atom is 0.192 e. The molecule has 0 aromatic heterocycles. The van der Waals surface area contributed by atoms with Gasteiger partial charge in [0.1, 0.15) is 0 Å². The first-order valence-electron chi connectivity index (χ1n) is 16.5. The first-order valence-corrected chi connectivity index (χ1v) is 19.0. The number of aliphatic hydroxyl groups excluding tert-OH is 1. The molecule has 0 aliphatic heterocycles. The van der Waals surface area contributed by atoms with Crippen molar-refractivity contribution in [3.63, 3.8) is 0 Å². The largest absolute Gasteiger partial charge is 0.413 e. The predicted molar refractivity (Wildman–Crippen MR) is 168 cm³/mol. The molecule has 3 aliphatic carbocycles. The number of fused-ring (bicyclic) bond motifs is 1. The minimum Gasteiger partial charge on any atom is -0.413 e. The molecule has 7 atom stereocenters. The zero-order chi connectivity index (χ0) is 28.1. The van der Waals surface area contributed by atoms with E-state index >= 15 is 0 Å². The summed E-state index contributed by atoms with van der Waals surface area (Å²) in [5, 5.41) is 10.9. The molecule has 3 rings (SSSR count). The highest BCUT2D eigenvalue weighted by Crippen LogP contribution is 2.60. The average Bonchev–Trinajstić information content (AvgIpc) is 3.26.